The van der Waals surface area contributed by atoms with E-state index >= 15 is 0 Å². The van der Waals surface area contributed by atoms with Crippen LogP contribution in [0.25, 0.3) is 0 Å². The fraction of sp³-hybridized carbons (Fsp3) is 0.222. The molecule has 0 heterocycles. The van der Waals surface area contributed by atoms with Crippen LogP contribution in [0.1, 0.15) is 6.42 Å². The lowest BCUT2D eigenvalue weighted by molar-refractivity contribution is -0.00826. The second-order valence-electron chi connectivity index (χ2n) is 5.09. The molecule has 22 heavy (non-hydrogen) atoms. The van der Waals surface area contributed by atoms with E-state index in [4.69, 9.17) is 18.9 Å². The van der Waals surface area contributed by atoms with E-state index in [1.54, 1.807) is 14.2 Å². The second kappa shape index (κ2) is 5.64. The van der Waals surface area contributed by atoms with Gasteiger partial charge in [-0.1, -0.05) is 6.58 Å². The van der Waals surface area contributed by atoms with Gasteiger partial charge in [-0.05, 0) is 48.5 Å². The molecule has 1 aliphatic rings. The molecule has 0 aliphatic heterocycles. The number of rotatable bonds is 6. The molecule has 2 aromatic carbocycles. The second-order valence-corrected chi connectivity index (χ2v) is 5.09. The highest BCUT2D eigenvalue weighted by Crippen LogP contribution is 2.46. The monoisotopic (exact) mass is 298 g/mol. The lowest BCUT2D eigenvalue weighted by Gasteiger charge is -2.20. The van der Waals surface area contributed by atoms with Crippen LogP contribution in [0.3, 0.4) is 0 Å². The Labute approximate surface area is 129 Å². The third-order valence-electron chi connectivity index (χ3n) is 3.54. The SMILES string of the molecule is C=C1CC1(Oc1ccc(OC)cc1)Oc1ccc(OC)cc1. The summed E-state index contributed by atoms with van der Waals surface area (Å²) >= 11 is 0. The normalized spacial score (nSPS) is 15.1. The summed E-state index contributed by atoms with van der Waals surface area (Å²) in [5.74, 6) is 2.23. The fourth-order valence-electron chi connectivity index (χ4n) is 2.14. The van der Waals surface area contributed by atoms with Gasteiger partial charge in [0.15, 0.2) is 0 Å². The molecule has 0 bridgehead atoms. The summed E-state index contributed by atoms with van der Waals surface area (Å²) in [6.07, 6.45) is 0.672. The van der Waals surface area contributed by atoms with Crippen LogP contribution in [-0.2, 0) is 0 Å². The Balaban J connectivity index is 1.72. The van der Waals surface area contributed by atoms with Gasteiger partial charge < -0.3 is 18.9 Å². The van der Waals surface area contributed by atoms with Crippen LogP contribution >= 0.6 is 0 Å². The molecule has 114 valence electrons. The first-order valence-corrected chi connectivity index (χ1v) is 6.99. The van der Waals surface area contributed by atoms with Gasteiger partial charge in [0.25, 0.3) is 5.79 Å². The zero-order valence-corrected chi connectivity index (χ0v) is 12.7. The molecule has 2 aromatic rings. The summed E-state index contributed by atoms with van der Waals surface area (Å²) in [6, 6.07) is 14.8. The van der Waals surface area contributed by atoms with Gasteiger partial charge in [-0.2, -0.15) is 0 Å². The highest BCUT2D eigenvalue weighted by Gasteiger charge is 2.54. The number of hydrogen-bond acceptors (Lipinski definition) is 4. The van der Waals surface area contributed by atoms with Gasteiger partial charge in [0.2, 0.25) is 0 Å². The molecule has 0 N–H and O–H groups in total. The van der Waals surface area contributed by atoms with Crippen molar-refractivity contribution in [2.24, 2.45) is 0 Å². The molecule has 1 saturated carbocycles. The maximum absolute atomic E-state index is 5.98. The predicted octanol–water partition coefficient (Wildman–Crippen LogP) is 3.82. The molecule has 4 heteroatoms. The molecule has 0 unspecified atom stereocenters. The van der Waals surface area contributed by atoms with Crippen molar-refractivity contribution in [1.29, 1.82) is 0 Å². The van der Waals surface area contributed by atoms with Crippen LogP contribution in [0.4, 0.5) is 0 Å². The van der Waals surface area contributed by atoms with Crippen LogP contribution in [0.2, 0.25) is 0 Å². The molecule has 0 atom stereocenters. The van der Waals surface area contributed by atoms with Crippen molar-refractivity contribution in [3.8, 4) is 23.0 Å². The van der Waals surface area contributed by atoms with Gasteiger partial charge in [0.1, 0.15) is 23.0 Å². The van der Waals surface area contributed by atoms with Crippen molar-refractivity contribution < 1.29 is 18.9 Å². The summed E-state index contributed by atoms with van der Waals surface area (Å²) in [5.41, 5.74) is 0.916. The molecule has 0 aromatic heterocycles. The smallest absolute Gasteiger partial charge is 0.277 e. The van der Waals surface area contributed by atoms with Gasteiger partial charge in [-0.15, -0.1) is 0 Å². The molecule has 0 radical (unpaired) electrons. The van der Waals surface area contributed by atoms with Gasteiger partial charge >= 0.3 is 0 Å². The summed E-state index contributed by atoms with van der Waals surface area (Å²) in [6.45, 7) is 3.98. The van der Waals surface area contributed by atoms with Crippen molar-refractivity contribution in [3.63, 3.8) is 0 Å². The van der Waals surface area contributed by atoms with E-state index in [2.05, 4.69) is 6.58 Å². The van der Waals surface area contributed by atoms with E-state index in [1.807, 2.05) is 48.5 Å². The number of ether oxygens (including phenoxy) is 4. The Morgan fingerprint density at radius 1 is 0.727 bits per heavy atom. The lowest BCUT2D eigenvalue weighted by Crippen LogP contribution is -2.26. The topological polar surface area (TPSA) is 36.9 Å². The summed E-state index contributed by atoms with van der Waals surface area (Å²) in [4.78, 5) is 0. The molecule has 0 saturated heterocycles. The van der Waals surface area contributed by atoms with Crippen LogP contribution in [0.5, 0.6) is 23.0 Å². The number of hydrogen-bond donors (Lipinski definition) is 0. The summed E-state index contributed by atoms with van der Waals surface area (Å²) < 4.78 is 22.2. The maximum Gasteiger partial charge on any atom is 0.277 e. The van der Waals surface area contributed by atoms with Crippen molar-refractivity contribution in [1.82, 2.24) is 0 Å². The van der Waals surface area contributed by atoms with Crippen LogP contribution in [0.15, 0.2) is 60.7 Å². The van der Waals surface area contributed by atoms with E-state index in [1.165, 1.54) is 0 Å². The predicted molar refractivity (Wildman–Crippen MR) is 83.7 cm³/mol. The van der Waals surface area contributed by atoms with Crippen molar-refractivity contribution in [2.45, 2.75) is 12.2 Å². The summed E-state index contributed by atoms with van der Waals surface area (Å²) in [7, 11) is 3.26. The molecule has 3 rings (SSSR count). The van der Waals surface area contributed by atoms with Crippen LogP contribution in [-0.4, -0.2) is 20.0 Å². The Morgan fingerprint density at radius 3 is 1.32 bits per heavy atom. The molecule has 1 fully saturated rings. The van der Waals surface area contributed by atoms with Crippen molar-refractivity contribution >= 4 is 0 Å². The number of methoxy groups -OCH3 is 2. The minimum Gasteiger partial charge on any atom is -0.497 e. The minimum atomic E-state index is -0.775. The Bertz CT molecular complexity index is 609. The zero-order chi connectivity index (χ0) is 15.6. The molecular formula is C18H18O4. The van der Waals surface area contributed by atoms with Crippen LogP contribution < -0.4 is 18.9 Å². The molecule has 1 aliphatic carbocycles. The van der Waals surface area contributed by atoms with E-state index in [0.717, 1.165) is 17.1 Å². The first-order chi connectivity index (χ1) is 10.6. The highest BCUT2D eigenvalue weighted by molar-refractivity contribution is 5.39. The van der Waals surface area contributed by atoms with E-state index in [-0.39, 0.29) is 0 Å². The Hall–Kier alpha value is -2.62. The van der Waals surface area contributed by atoms with E-state index in [0.29, 0.717) is 17.9 Å². The quantitative estimate of drug-likeness (QED) is 0.600. The van der Waals surface area contributed by atoms with Crippen LogP contribution in [0, 0.1) is 0 Å². The first-order valence-electron chi connectivity index (χ1n) is 6.99. The molecular weight excluding hydrogens is 280 g/mol. The van der Waals surface area contributed by atoms with Crippen molar-refractivity contribution in [2.75, 3.05) is 14.2 Å². The summed E-state index contributed by atoms with van der Waals surface area (Å²) in [5, 5.41) is 0. The molecule has 0 spiro atoms. The maximum atomic E-state index is 5.98. The molecule has 4 nitrogen and oxygen atoms in total. The molecule has 0 amide bonds. The van der Waals surface area contributed by atoms with Gasteiger partial charge in [0, 0.05) is 5.57 Å². The largest absolute Gasteiger partial charge is 0.497 e. The highest BCUT2D eigenvalue weighted by atomic mass is 16.7. The first kappa shape index (κ1) is 14.3. The van der Waals surface area contributed by atoms with Crippen molar-refractivity contribution in [3.05, 3.63) is 60.7 Å². The van der Waals surface area contributed by atoms with E-state index in [9.17, 15) is 0 Å². The lowest BCUT2D eigenvalue weighted by atomic mass is 10.3. The fourth-order valence-corrected chi connectivity index (χ4v) is 2.14. The zero-order valence-electron chi connectivity index (χ0n) is 12.7. The average molecular weight is 298 g/mol. The van der Waals surface area contributed by atoms with Gasteiger partial charge in [-0.25, -0.2) is 0 Å². The van der Waals surface area contributed by atoms with Gasteiger partial charge in [-0.3, -0.25) is 0 Å². The minimum absolute atomic E-state index is 0.672. The van der Waals surface area contributed by atoms with E-state index < -0.39 is 5.79 Å². The third-order valence-corrected chi connectivity index (χ3v) is 3.54. The number of benzene rings is 2. The third kappa shape index (κ3) is 2.86. The standard InChI is InChI=1S/C18H18O4/c1-13-12-18(13,21-16-8-4-14(19-2)5-9-16)22-17-10-6-15(20-3)7-11-17/h4-11H,1,12H2,2-3H3. The average Bonchev–Trinajstić information content (AvgIpc) is 3.17. The Morgan fingerprint density at radius 2 is 1.05 bits per heavy atom. The Kier molecular flexibility index (Phi) is 3.67. The van der Waals surface area contributed by atoms with Gasteiger partial charge in [0.05, 0.1) is 20.6 Å².